The molecule has 1 aromatic carbocycles. The number of hydrogen-bond acceptors (Lipinski definition) is 1. The van der Waals surface area contributed by atoms with Gasteiger partial charge in [-0.05, 0) is 25.5 Å². The zero-order chi connectivity index (χ0) is 13.3. The lowest BCUT2D eigenvalue weighted by Crippen LogP contribution is -2.21. The van der Waals surface area contributed by atoms with E-state index in [4.69, 9.17) is 11.6 Å². The highest BCUT2D eigenvalue weighted by atomic mass is 35.5. The van der Waals surface area contributed by atoms with Crippen LogP contribution in [0.3, 0.4) is 0 Å². The largest absolute Gasteiger partial charge is 0.343 e. The van der Waals surface area contributed by atoms with Gasteiger partial charge < -0.3 is 9.88 Å². The second-order valence-electron chi connectivity index (χ2n) is 5.33. The minimum absolute atomic E-state index is 0.417. The van der Waals surface area contributed by atoms with Crippen LogP contribution in [0.25, 0.3) is 10.9 Å². The standard InChI is InChI=1S/C15H21ClN2/c1-10(2)17-8-12-9-18(11(3)4)15-13(12)6-5-7-14(15)16/h5-7,9-11,17H,8H2,1-4H3. The quantitative estimate of drug-likeness (QED) is 0.868. The minimum Gasteiger partial charge on any atom is -0.343 e. The van der Waals surface area contributed by atoms with Crippen LogP contribution in [0.15, 0.2) is 24.4 Å². The summed E-state index contributed by atoms with van der Waals surface area (Å²) in [7, 11) is 0. The lowest BCUT2D eigenvalue weighted by Gasteiger charge is -2.09. The molecule has 0 radical (unpaired) electrons. The fourth-order valence-corrected chi connectivity index (χ4v) is 2.47. The third-order valence-electron chi connectivity index (χ3n) is 3.14. The van der Waals surface area contributed by atoms with Crippen molar-refractivity contribution in [1.29, 1.82) is 0 Å². The van der Waals surface area contributed by atoms with Crippen molar-refractivity contribution in [2.45, 2.75) is 46.3 Å². The minimum atomic E-state index is 0.417. The fraction of sp³-hybridized carbons (Fsp3) is 0.467. The SMILES string of the molecule is CC(C)NCc1cn(C(C)C)c2c(Cl)cccc12. The molecule has 0 saturated carbocycles. The van der Waals surface area contributed by atoms with Crippen molar-refractivity contribution < 1.29 is 0 Å². The number of rotatable bonds is 4. The molecule has 1 aromatic heterocycles. The third kappa shape index (κ3) is 2.55. The van der Waals surface area contributed by atoms with Crippen LogP contribution < -0.4 is 5.32 Å². The van der Waals surface area contributed by atoms with E-state index in [1.807, 2.05) is 12.1 Å². The van der Waals surface area contributed by atoms with E-state index in [0.717, 1.165) is 17.1 Å². The van der Waals surface area contributed by atoms with Crippen LogP contribution in [0.5, 0.6) is 0 Å². The van der Waals surface area contributed by atoms with Gasteiger partial charge >= 0.3 is 0 Å². The maximum absolute atomic E-state index is 6.34. The van der Waals surface area contributed by atoms with Crippen LogP contribution in [0.2, 0.25) is 5.02 Å². The van der Waals surface area contributed by atoms with E-state index in [2.05, 4.69) is 49.8 Å². The number of benzene rings is 1. The summed E-state index contributed by atoms with van der Waals surface area (Å²) in [5.74, 6) is 0. The van der Waals surface area contributed by atoms with Gasteiger partial charge in [0.1, 0.15) is 0 Å². The number of nitrogens with one attached hydrogen (secondary N) is 1. The van der Waals surface area contributed by atoms with Crippen molar-refractivity contribution in [1.82, 2.24) is 9.88 Å². The second kappa shape index (κ2) is 5.33. The number of hydrogen-bond donors (Lipinski definition) is 1. The Hall–Kier alpha value is -0.990. The van der Waals surface area contributed by atoms with Crippen LogP contribution in [0.4, 0.5) is 0 Å². The first-order valence-electron chi connectivity index (χ1n) is 6.52. The monoisotopic (exact) mass is 264 g/mol. The molecule has 2 aromatic rings. The lowest BCUT2D eigenvalue weighted by atomic mass is 10.1. The third-order valence-corrected chi connectivity index (χ3v) is 3.45. The van der Waals surface area contributed by atoms with E-state index < -0.39 is 0 Å². The van der Waals surface area contributed by atoms with Gasteiger partial charge in [0.25, 0.3) is 0 Å². The molecule has 0 fully saturated rings. The molecule has 0 bridgehead atoms. The molecular formula is C15H21ClN2. The Kier molecular flexibility index (Phi) is 3.98. The highest BCUT2D eigenvalue weighted by molar-refractivity contribution is 6.35. The summed E-state index contributed by atoms with van der Waals surface area (Å²) in [6, 6.07) is 7.04. The van der Waals surface area contributed by atoms with Crippen LogP contribution in [0, 0.1) is 0 Å². The Morgan fingerprint density at radius 3 is 2.56 bits per heavy atom. The fourth-order valence-electron chi connectivity index (χ4n) is 2.20. The molecule has 0 spiro atoms. The van der Waals surface area contributed by atoms with E-state index in [9.17, 15) is 0 Å². The van der Waals surface area contributed by atoms with Crippen LogP contribution in [0.1, 0.15) is 39.3 Å². The smallest absolute Gasteiger partial charge is 0.0675 e. The van der Waals surface area contributed by atoms with Crippen LogP contribution >= 0.6 is 11.6 Å². The van der Waals surface area contributed by atoms with E-state index in [1.165, 1.54) is 10.9 Å². The summed E-state index contributed by atoms with van der Waals surface area (Å²) in [5.41, 5.74) is 2.46. The summed E-state index contributed by atoms with van der Waals surface area (Å²) in [5, 5.41) is 5.55. The molecule has 2 nitrogen and oxygen atoms in total. The predicted molar refractivity (Wildman–Crippen MR) is 79.3 cm³/mol. The maximum Gasteiger partial charge on any atom is 0.0675 e. The molecule has 3 heteroatoms. The highest BCUT2D eigenvalue weighted by Gasteiger charge is 2.13. The van der Waals surface area contributed by atoms with Gasteiger partial charge in [0.05, 0.1) is 10.5 Å². The molecule has 0 unspecified atom stereocenters. The molecule has 0 saturated heterocycles. The Morgan fingerprint density at radius 2 is 1.94 bits per heavy atom. The van der Waals surface area contributed by atoms with Gasteiger partial charge in [-0.2, -0.15) is 0 Å². The van der Waals surface area contributed by atoms with Gasteiger partial charge in [-0.15, -0.1) is 0 Å². The normalized spacial score (nSPS) is 11.9. The van der Waals surface area contributed by atoms with Gasteiger partial charge in [0, 0.05) is 30.2 Å². The maximum atomic E-state index is 6.34. The number of nitrogens with zero attached hydrogens (tertiary/aromatic N) is 1. The highest BCUT2D eigenvalue weighted by Crippen LogP contribution is 2.30. The van der Waals surface area contributed by atoms with Crippen molar-refractivity contribution in [3.63, 3.8) is 0 Å². The molecule has 98 valence electrons. The number of halogens is 1. The summed E-state index contributed by atoms with van der Waals surface area (Å²) >= 11 is 6.34. The van der Waals surface area contributed by atoms with Gasteiger partial charge in [-0.25, -0.2) is 0 Å². The van der Waals surface area contributed by atoms with Gasteiger partial charge in [0.15, 0.2) is 0 Å². The second-order valence-corrected chi connectivity index (χ2v) is 5.73. The van der Waals surface area contributed by atoms with Crippen LogP contribution in [-0.2, 0) is 6.54 Å². The van der Waals surface area contributed by atoms with E-state index in [0.29, 0.717) is 12.1 Å². The molecule has 18 heavy (non-hydrogen) atoms. The first-order chi connectivity index (χ1) is 8.50. The van der Waals surface area contributed by atoms with Crippen molar-refractivity contribution in [3.8, 4) is 0 Å². The Labute approximate surface area is 114 Å². The Morgan fingerprint density at radius 1 is 1.22 bits per heavy atom. The summed E-state index contributed by atoms with van der Waals surface area (Å²) in [4.78, 5) is 0. The number of para-hydroxylation sites is 1. The lowest BCUT2D eigenvalue weighted by molar-refractivity contribution is 0.583. The number of fused-ring (bicyclic) bond motifs is 1. The molecule has 1 heterocycles. The van der Waals surface area contributed by atoms with E-state index in [1.54, 1.807) is 0 Å². The summed E-state index contributed by atoms with van der Waals surface area (Å²) in [6.45, 7) is 9.57. The van der Waals surface area contributed by atoms with Crippen molar-refractivity contribution in [2.24, 2.45) is 0 Å². The van der Waals surface area contributed by atoms with Crippen LogP contribution in [-0.4, -0.2) is 10.6 Å². The molecule has 0 aliphatic carbocycles. The van der Waals surface area contributed by atoms with Crippen molar-refractivity contribution in [2.75, 3.05) is 0 Å². The van der Waals surface area contributed by atoms with Gasteiger partial charge in [-0.3, -0.25) is 0 Å². The zero-order valence-electron chi connectivity index (χ0n) is 11.5. The van der Waals surface area contributed by atoms with Gasteiger partial charge in [0.2, 0.25) is 0 Å². The summed E-state index contributed by atoms with van der Waals surface area (Å²) in [6.07, 6.45) is 2.22. The molecule has 0 aliphatic heterocycles. The van der Waals surface area contributed by atoms with Crippen molar-refractivity contribution in [3.05, 3.63) is 35.0 Å². The average molecular weight is 265 g/mol. The number of aromatic nitrogens is 1. The topological polar surface area (TPSA) is 17.0 Å². The molecule has 0 aliphatic rings. The van der Waals surface area contributed by atoms with Gasteiger partial charge in [-0.1, -0.05) is 37.6 Å². The average Bonchev–Trinajstić information content (AvgIpc) is 2.67. The van der Waals surface area contributed by atoms with Crippen molar-refractivity contribution >= 4 is 22.5 Å². The zero-order valence-corrected chi connectivity index (χ0v) is 12.3. The first-order valence-corrected chi connectivity index (χ1v) is 6.89. The van der Waals surface area contributed by atoms with E-state index >= 15 is 0 Å². The predicted octanol–water partition coefficient (Wildman–Crippen LogP) is 4.37. The summed E-state index contributed by atoms with van der Waals surface area (Å²) < 4.78 is 2.26. The first kappa shape index (κ1) is 13.4. The Bertz CT molecular complexity index is 541. The molecule has 0 atom stereocenters. The molecular weight excluding hydrogens is 244 g/mol. The molecule has 1 N–H and O–H groups in total. The molecule has 0 amide bonds. The molecule has 2 rings (SSSR count). The Balaban J connectivity index is 2.51. The van der Waals surface area contributed by atoms with E-state index in [-0.39, 0.29) is 0 Å².